The van der Waals surface area contributed by atoms with E-state index in [-0.39, 0.29) is 23.6 Å². The summed E-state index contributed by atoms with van der Waals surface area (Å²) >= 11 is 0. The third kappa shape index (κ3) is 4.13. The second-order valence-electron chi connectivity index (χ2n) is 7.38. The maximum Gasteiger partial charge on any atom is 0.433 e. The fraction of sp³-hybridized carbons (Fsp3) is 0.316. The van der Waals surface area contributed by atoms with Crippen LogP contribution < -0.4 is 5.32 Å². The van der Waals surface area contributed by atoms with Crippen LogP contribution in [0.15, 0.2) is 36.4 Å². The minimum Gasteiger partial charge on any atom is -0.347 e. The monoisotopic (exact) mass is 394 g/mol. The summed E-state index contributed by atoms with van der Waals surface area (Å²) < 4.78 is 54.0. The number of halogens is 4. The number of aromatic nitrogens is 3. The van der Waals surface area contributed by atoms with Crippen LogP contribution in [0.3, 0.4) is 0 Å². The lowest BCUT2D eigenvalue weighted by atomic mass is 9.91. The molecule has 9 heteroatoms. The van der Waals surface area contributed by atoms with Gasteiger partial charge in [-0.25, -0.2) is 13.9 Å². The van der Waals surface area contributed by atoms with Crippen LogP contribution in [0.25, 0.3) is 5.65 Å². The van der Waals surface area contributed by atoms with Gasteiger partial charge in [0.05, 0.1) is 5.69 Å². The summed E-state index contributed by atoms with van der Waals surface area (Å²) in [6, 6.07) is 7.65. The van der Waals surface area contributed by atoms with E-state index in [9.17, 15) is 22.4 Å². The number of hydrogen-bond acceptors (Lipinski definition) is 3. The Kier molecular flexibility index (Phi) is 4.86. The van der Waals surface area contributed by atoms with Gasteiger partial charge in [0.25, 0.3) is 5.91 Å². The summed E-state index contributed by atoms with van der Waals surface area (Å²) in [5.41, 5.74) is -0.984. The van der Waals surface area contributed by atoms with E-state index in [0.717, 1.165) is 6.07 Å². The zero-order valence-electron chi connectivity index (χ0n) is 15.4. The zero-order valence-corrected chi connectivity index (χ0v) is 15.4. The number of alkyl halides is 3. The molecule has 148 valence electrons. The Balaban J connectivity index is 1.94. The van der Waals surface area contributed by atoms with Gasteiger partial charge in [0.2, 0.25) is 0 Å². The highest BCUT2D eigenvalue weighted by atomic mass is 19.4. The molecule has 1 amide bonds. The number of carbonyl (C=O) groups excluding carboxylic acids is 1. The number of benzene rings is 1. The minimum atomic E-state index is -4.66. The summed E-state index contributed by atoms with van der Waals surface area (Å²) in [5.74, 6) is -1.06. The quantitative estimate of drug-likeness (QED) is 0.680. The lowest BCUT2D eigenvalue weighted by Gasteiger charge is -2.19. The topological polar surface area (TPSA) is 59.3 Å². The first-order chi connectivity index (χ1) is 12.9. The van der Waals surface area contributed by atoms with Crippen molar-refractivity contribution in [2.75, 3.05) is 0 Å². The molecule has 28 heavy (non-hydrogen) atoms. The van der Waals surface area contributed by atoms with Gasteiger partial charge in [-0.3, -0.25) is 4.79 Å². The molecule has 0 fully saturated rings. The number of hydrogen-bond donors (Lipinski definition) is 1. The standard InChI is InChI=1S/C19H18F4N4O/c1-18(2,3)14-9-15(19(21,22)23)27-16(25-14)8-13(26-27)17(28)24-10-11-4-6-12(20)7-5-11/h4-9H,10H2,1-3H3,(H,24,28). The molecule has 0 saturated carbocycles. The van der Waals surface area contributed by atoms with E-state index < -0.39 is 29.0 Å². The van der Waals surface area contributed by atoms with Gasteiger partial charge in [-0.2, -0.15) is 18.3 Å². The summed E-state index contributed by atoms with van der Waals surface area (Å²) in [6.07, 6.45) is -4.66. The van der Waals surface area contributed by atoms with Gasteiger partial charge in [0.15, 0.2) is 11.3 Å². The van der Waals surface area contributed by atoms with Crippen molar-refractivity contribution >= 4 is 11.6 Å². The van der Waals surface area contributed by atoms with Crippen molar-refractivity contribution in [3.8, 4) is 0 Å². The molecule has 1 aromatic carbocycles. The molecule has 0 aliphatic heterocycles. The SMILES string of the molecule is CC(C)(C)c1cc(C(F)(F)F)n2nc(C(=O)NCc3ccc(F)cc3)cc2n1. The Labute approximate surface area is 158 Å². The third-order valence-corrected chi connectivity index (χ3v) is 4.09. The Morgan fingerprint density at radius 1 is 1.11 bits per heavy atom. The molecule has 0 radical (unpaired) electrons. The first-order valence-corrected chi connectivity index (χ1v) is 8.46. The summed E-state index contributed by atoms with van der Waals surface area (Å²) in [6.45, 7) is 5.33. The first-order valence-electron chi connectivity index (χ1n) is 8.46. The number of carbonyl (C=O) groups is 1. The summed E-state index contributed by atoms with van der Waals surface area (Å²) in [7, 11) is 0. The molecule has 0 unspecified atom stereocenters. The molecule has 0 spiro atoms. The molecule has 0 bridgehead atoms. The molecule has 0 saturated heterocycles. The largest absolute Gasteiger partial charge is 0.433 e. The normalized spacial score (nSPS) is 12.4. The lowest BCUT2D eigenvalue weighted by Crippen LogP contribution is -2.23. The Morgan fingerprint density at radius 2 is 1.75 bits per heavy atom. The van der Waals surface area contributed by atoms with E-state index in [1.54, 1.807) is 20.8 Å². The van der Waals surface area contributed by atoms with Gasteiger partial charge in [0.1, 0.15) is 11.5 Å². The van der Waals surface area contributed by atoms with Crippen LogP contribution in [-0.2, 0) is 18.1 Å². The summed E-state index contributed by atoms with van der Waals surface area (Å²) in [5, 5.41) is 6.34. The molecule has 2 heterocycles. The van der Waals surface area contributed by atoms with E-state index in [1.165, 1.54) is 30.3 Å². The third-order valence-electron chi connectivity index (χ3n) is 4.09. The van der Waals surface area contributed by atoms with Gasteiger partial charge in [-0.1, -0.05) is 32.9 Å². The molecular formula is C19H18F4N4O. The average molecular weight is 394 g/mol. The molecular weight excluding hydrogens is 376 g/mol. The smallest absolute Gasteiger partial charge is 0.347 e. The van der Waals surface area contributed by atoms with Gasteiger partial charge in [-0.05, 0) is 23.8 Å². The number of rotatable bonds is 3. The predicted molar refractivity (Wildman–Crippen MR) is 94.3 cm³/mol. The van der Waals surface area contributed by atoms with Crippen LogP contribution in [0.4, 0.5) is 17.6 Å². The Bertz CT molecular complexity index is 1020. The van der Waals surface area contributed by atoms with Gasteiger partial charge >= 0.3 is 6.18 Å². The highest BCUT2D eigenvalue weighted by molar-refractivity contribution is 5.93. The number of nitrogens with one attached hydrogen (secondary N) is 1. The van der Waals surface area contributed by atoms with E-state index in [0.29, 0.717) is 10.1 Å². The van der Waals surface area contributed by atoms with Gasteiger partial charge in [-0.15, -0.1) is 0 Å². The molecule has 5 nitrogen and oxygen atoms in total. The number of nitrogens with zero attached hydrogens (tertiary/aromatic N) is 3. The van der Waals surface area contributed by atoms with Gasteiger partial charge < -0.3 is 5.32 Å². The van der Waals surface area contributed by atoms with E-state index in [2.05, 4.69) is 15.4 Å². The molecule has 0 aliphatic carbocycles. The fourth-order valence-corrected chi connectivity index (χ4v) is 2.55. The number of amides is 1. The number of fused-ring (bicyclic) bond motifs is 1. The summed E-state index contributed by atoms with van der Waals surface area (Å²) in [4.78, 5) is 16.6. The minimum absolute atomic E-state index is 0.0633. The van der Waals surface area contributed by atoms with Crippen LogP contribution >= 0.6 is 0 Å². The fourth-order valence-electron chi connectivity index (χ4n) is 2.55. The van der Waals surface area contributed by atoms with Crippen molar-refractivity contribution < 1.29 is 22.4 Å². The van der Waals surface area contributed by atoms with Crippen molar-refractivity contribution in [3.63, 3.8) is 0 Å². The Morgan fingerprint density at radius 3 is 2.32 bits per heavy atom. The molecule has 2 aromatic heterocycles. The second-order valence-corrected chi connectivity index (χ2v) is 7.38. The zero-order chi connectivity index (χ0) is 20.7. The van der Waals surface area contributed by atoms with Crippen LogP contribution in [0.2, 0.25) is 0 Å². The van der Waals surface area contributed by atoms with E-state index in [4.69, 9.17) is 0 Å². The van der Waals surface area contributed by atoms with Crippen molar-refractivity contribution in [2.24, 2.45) is 0 Å². The molecule has 1 N–H and O–H groups in total. The van der Waals surface area contributed by atoms with Gasteiger partial charge in [0, 0.05) is 18.0 Å². The van der Waals surface area contributed by atoms with Crippen LogP contribution in [0.5, 0.6) is 0 Å². The molecule has 3 rings (SSSR count). The molecule has 0 aliphatic rings. The molecule has 0 atom stereocenters. The van der Waals surface area contributed by atoms with E-state index in [1.807, 2.05) is 0 Å². The van der Waals surface area contributed by atoms with E-state index >= 15 is 0 Å². The second kappa shape index (κ2) is 6.88. The van der Waals surface area contributed by atoms with Crippen LogP contribution in [0.1, 0.15) is 48.2 Å². The van der Waals surface area contributed by atoms with Crippen molar-refractivity contribution in [2.45, 2.75) is 38.9 Å². The average Bonchev–Trinajstić information content (AvgIpc) is 3.02. The van der Waals surface area contributed by atoms with Crippen molar-refractivity contribution in [3.05, 3.63) is 64.9 Å². The maximum atomic E-state index is 13.5. The molecule has 3 aromatic rings. The predicted octanol–water partition coefficient (Wildman–Crippen LogP) is 4.11. The van der Waals surface area contributed by atoms with Crippen molar-refractivity contribution in [1.82, 2.24) is 19.9 Å². The highest BCUT2D eigenvalue weighted by Crippen LogP contribution is 2.32. The lowest BCUT2D eigenvalue weighted by molar-refractivity contribution is -0.142. The van der Waals surface area contributed by atoms with Crippen molar-refractivity contribution in [1.29, 1.82) is 0 Å². The maximum absolute atomic E-state index is 13.5. The highest BCUT2D eigenvalue weighted by Gasteiger charge is 2.36. The van der Waals surface area contributed by atoms with Crippen LogP contribution in [-0.4, -0.2) is 20.5 Å². The van der Waals surface area contributed by atoms with Crippen LogP contribution in [0, 0.1) is 5.82 Å². The first kappa shape index (κ1) is 19.8. The Hall–Kier alpha value is -2.97.